The van der Waals surface area contributed by atoms with Gasteiger partial charge in [0.25, 0.3) is 0 Å². The Labute approximate surface area is 105 Å². The van der Waals surface area contributed by atoms with Crippen molar-refractivity contribution >= 4 is 22.4 Å². The van der Waals surface area contributed by atoms with Crippen molar-refractivity contribution in [1.82, 2.24) is 9.88 Å². The van der Waals surface area contributed by atoms with Crippen LogP contribution >= 0.6 is 11.3 Å². The van der Waals surface area contributed by atoms with E-state index in [-0.39, 0.29) is 12.5 Å². The lowest BCUT2D eigenvalue weighted by Crippen LogP contribution is -2.33. The van der Waals surface area contributed by atoms with Gasteiger partial charge in [0, 0.05) is 31.4 Å². The molecule has 0 spiro atoms. The molecular weight excluding hydrogens is 238 g/mol. The largest absolute Gasteiger partial charge is 0.395 e. The average Bonchev–Trinajstić information content (AvgIpc) is 2.63. The Morgan fingerprint density at radius 2 is 2.35 bits per heavy atom. The van der Waals surface area contributed by atoms with Gasteiger partial charge >= 0.3 is 0 Å². The van der Waals surface area contributed by atoms with Gasteiger partial charge in [0.15, 0.2) is 5.13 Å². The third kappa shape index (κ3) is 4.80. The van der Waals surface area contributed by atoms with Gasteiger partial charge in [-0.1, -0.05) is 0 Å². The number of nitrogens with one attached hydrogen (secondary N) is 1. The van der Waals surface area contributed by atoms with Gasteiger partial charge < -0.3 is 10.4 Å². The van der Waals surface area contributed by atoms with Gasteiger partial charge in [0.2, 0.25) is 5.91 Å². The molecule has 0 aromatic carbocycles. The van der Waals surface area contributed by atoms with E-state index in [1.807, 2.05) is 5.38 Å². The molecule has 17 heavy (non-hydrogen) atoms. The fourth-order valence-corrected chi connectivity index (χ4v) is 2.19. The first kappa shape index (κ1) is 14.1. The van der Waals surface area contributed by atoms with E-state index in [4.69, 9.17) is 5.11 Å². The molecule has 0 saturated heterocycles. The van der Waals surface area contributed by atoms with Crippen LogP contribution in [0.5, 0.6) is 0 Å². The van der Waals surface area contributed by atoms with Crippen molar-refractivity contribution in [3.8, 4) is 0 Å². The van der Waals surface area contributed by atoms with Crippen molar-refractivity contribution in [2.24, 2.45) is 0 Å². The second-order valence-corrected chi connectivity index (χ2v) is 4.97. The third-order valence-electron chi connectivity index (χ3n) is 2.32. The SMILES string of the molecule is CC(=O)Nc1nc(CN(CCO)C(C)C)cs1. The topological polar surface area (TPSA) is 65.5 Å². The molecule has 1 rings (SSSR count). The lowest BCUT2D eigenvalue weighted by atomic mass is 10.3. The maximum absolute atomic E-state index is 10.9. The Kier molecular flexibility index (Phi) is 5.54. The van der Waals surface area contributed by atoms with Crippen LogP contribution in [0, 0.1) is 0 Å². The van der Waals surface area contributed by atoms with E-state index in [9.17, 15) is 4.79 Å². The van der Waals surface area contributed by atoms with Crippen LogP contribution in [0.4, 0.5) is 5.13 Å². The standard InChI is InChI=1S/C11H19N3O2S/c1-8(2)14(4-5-15)6-10-7-17-11(13-10)12-9(3)16/h7-8,15H,4-6H2,1-3H3,(H,12,13,16). The van der Waals surface area contributed by atoms with Crippen molar-refractivity contribution < 1.29 is 9.90 Å². The normalized spacial score (nSPS) is 11.2. The molecular formula is C11H19N3O2S. The number of amides is 1. The zero-order valence-corrected chi connectivity index (χ0v) is 11.3. The minimum Gasteiger partial charge on any atom is -0.395 e. The Morgan fingerprint density at radius 1 is 1.65 bits per heavy atom. The maximum atomic E-state index is 10.9. The first-order valence-corrected chi connectivity index (χ1v) is 6.47. The fraction of sp³-hybridized carbons (Fsp3) is 0.636. The Morgan fingerprint density at radius 3 is 2.88 bits per heavy atom. The van der Waals surface area contributed by atoms with E-state index in [0.29, 0.717) is 24.3 Å². The van der Waals surface area contributed by atoms with Crippen LogP contribution in [0.3, 0.4) is 0 Å². The summed E-state index contributed by atoms with van der Waals surface area (Å²) in [5.41, 5.74) is 0.918. The second-order valence-electron chi connectivity index (χ2n) is 4.11. The summed E-state index contributed by atoms with van der Waals surface area (Å²) in [5.74, 6) is -0.109. The molecule has 0 aliphatic carbocycles. The van der Waals surface area contributed by atoms with Crippen molar-refractivity contribution in [2.45, 2.75) is 33.4 Å². The molecule has 1 amide bonds. The van der Waals surface area contributed by atoms with Crippen LogP contribution in [0.1, 0.15) is 26.5 Å². The number of carbonyl (C=O) groups is 1. The van der Waals surface area contributed by atoms with Crippen LogP contribution in [-0.2, 0) is 11.3 Å². The molecule has 0 aliphatic heterocycles. The van der Waals surface area contributed by atoms with Gasteiger partial charge in [-0.3, -0.25) is 9.69 Å². The van der Waals surface area contributed by atoms with Crippen LogP contribution in [0.2, 0.25) is 0 Å². The summed E-state index contributed by atoms with van der Waals surface area (Å²) in [6.45, 7) is 7.08. The van der Waals surface area contributed by atoms with Crippen molar-refractivity contribution in [3.05, 3.63) is 11.1 Å². The van der Waals surface area contributed by atoms with E-state index < -0.39 is 0 Å². The van der Waals surface area contributed by atoms with E-state index in [2.05, 4.69) is 29.0 Å². The Bertz CT molecular complexity index is 365. The summed E-state index contributed by atoms with van der Waals surface area (Å²) in [4.78, 5) is 17.3. The monoisotopic (exact) mass is 257 g/mol. The number of anilines is 1. The van der Waals surface area contributed by atoms with Gasteiger partial charge in [0.05, 0.1) is 12.3 Å². The molecule has 5 nitrogen and oxygen atoms in total. The van der Waals surface area contributed by atoms with E-state index >= 15 is 0 Å². The quantitative estimate of drug-likeness (QED) is 0.806. The molecule has 1 aromatic rings. The number of thiazole rings is 1. The fourth-order valence-electron chi connectivity index (χ4n) is 1.44. The minimum atomic E-state index is -0.109. The molecule has 0 radical (unpaired) electrons. The number of hydrogen-bond acceptors (Lipinski definition) is 5. The summed E-state index contributed by atoms with van der Waals surface area (Å²) >= 11 is 1.42. The number of aromatic nitrogens is 1. The van der Waals surface area contributed by atoms with E-state index in [1.165, 1.54) is 18.3 Å². The molecule has 0 aliphatic rings. The molecule has 0 saturated carbocycles. The number of aliphatic hydroxyl groups excluding tert-OH is 1. The summed E-state index contributed by atoms with van der Waals surface area (Å²) in [6, 6.07) is 0.355. The third-order valence-corrected chi connectivity index (χ3v) is 3.12. The molecule has 1 heterocycles. The molecule has 2 N–H and O–H groups in total. The summed E-state index contributed by atoms with van der Waals surface area (Å²) in [7, 11) is 0. The number of aliphatic hydroxyl groups is 1. The van der Waals surface area contributed by atoms with Crippen molar-refractivity contribution in [3.63, 3.8) is 0 Å². The Hall–Kier alpha value is -0.980. The molecule has 6 heteroatoms. The highest BCUT2D eigenvalue weighted by Gasteiger charge is 2.12. The zero-order chi connectivity index (χ0) is 12.8. The first-order valence-electron chi connectivity index (χ1n) is 5.59. The van der Waals surface area contributed by atoms with Crippen LogP contribution in [-0.4, -0.2) is 40.1 Å². The highest BCUT2D eigenvalue weighted by Crippen LogP contribution is 2.17. The molecule has 96 valence electrons. The van der Waals surface area contributed by atoms with Crippen LogP contribution < -0.4 is 5.32 Å². The Balaban J connectivity index is 2.60. The van der Waals surface area contributed by atoms with E-state index in [1.54, 1.807) is 0 Å². The highest BCUT2D eigenvalue weighted by molar-refractivity contribution is 7.13. The number of rotatable bonds is 6. The predicted molar refractivity (Wildman–Crippen MR) is 69.0 cm³/mol. The second kappa shape index (κ2) is 6.68. The molecule has 0 fully saturated rings. The number of hydrogen-bond donors (Lipinski definition) is 2. The first-order chi connectivity index (χ1) is 8.02. The number of nitrogens with zero attached hydrogens (tertiary/aromatic N) is 2. The molecule has 0 unspecified atom stereocenters. The highest BCUT2D eigenvalue weighted by atomic mass is 32.1. The maximum Gasteiger partial charge on any atom is 0.223 e. The van der Waals surface area contributed by atoms with Crippen LogP contribution in [0.15, 0.2) is 5.38 Å². The lowest BCUT2D eigenvalue weighted by molar-refractivity contribution is -0.114. The van der Waals surface area contributed by atoms with Crippen molar-refractivity contribution in [1.29, 1.82) is 0 Å². The number of carbonyl (C=O) groups excluding carboxylic acids is 1. The zero-order valence-electron chi connectivity index (χ0n) is 10.4. The summed E-state index contributed by atoms with van der Waals surface area (Å²) in [6.07, 6.45) is 0. The van der Waals surface area contributed by atoms with Crippen LogP contribution in [0.25, 0.3) is 0 Å². The van der Waals surface area contributed by atoms with Gasteiger partial charge in [-0.15, -0.1) is 11.3 Å². The van der Waals surface area contributed by atoms with Gasteiger partial charge in [0.1, 0.15) is 0 Å². The lowest BCUT2D eigenvalue weighted by Gasteiger charge is -2.24. The molecule has 0 atom stereocenters. The smallest absolute Gasteiger partial charge is 0.223 e. The van der Waals surface area contributed by atoms with Gasteiger partial charge in [-0.2, -0.15) is 0 Å². The van der Waals surface area contributed by atoms with Gasteiger partial charge in [-0.25, -0.2) is 4.98 Å². The summed E-state index contributed by atoms with van der Waals surface area (Å²) < 4.78 is 0. The van der Waals surface area contributed by atoms with Gasteiger partial charge in [-0.05, 0) is 13.8 Å². The van der Waals surface area contributed by atoms with E-state index in [0.717, 1.165) is 5.69 Å². The molecule has 1 aromatic heterocycles. The average molecular weight is 257 g/mol. The minimum absolute atomic E-state index is 0.109. The summed E-state index contributed by atoms with van der Waals surface area (Å²) in [5, 5.41) is 14.2. The molecule has 0 bridgehead atoms. The predicted octanol–water partition coefficient (Wildman–Crippen LogP) is 1.30. The van der Waals surface area contributed by atoms with Crippen molar-refractivity contribution in [2.75, 3.05) is 18.5 Å².